The van der Waals surface area contributed by atoms with Gasteiger partial charge in [-0.15, -0.1) is 0 Å². The molecule has 5 N–H and O–H groups in total. The van der Waals surface area contributed by atoms with Gasteiger partial charge in [0.1, 0.15) is 11.6 Å². The number of nitrogens with two attached hydrogens (primary N) is 1. The molecule has 0 aromatic heterocycles. The number of hydrogen-bond acceptors (Lipinski definition) is 5. The third-order valence-electron chi connectivity index (χ3n) is 4.92. The largest absolute Gasteiger partial charge is 0.497 e. The average Bonchev–Trinajstić information content (AvgIpc) is 2.82. The molecule has 0 unspecified atom stereocenters. The van der Waals surface area contributed by atoms with Crippen LogP contribution >= 0.6 is 11.6 Å². The molecule has 0 aliphatic heterocycles. The second-order valence-electron chi connectivity index (χ2n) is 7.82. The Morgan fingerprint density at radius 1 is 1.15 bits per heavy atom. The van der Waals surface area contributed by atoms with Crippen LogP contribution in [0, 0.1) is 0 Å². The predicted octanol–water partition coefficient (Wildman–Crippen LogP) is 4.06. The second-order valence-corrected chi connectivity index (χ2v) is 8.25. The lowest BCUT2D eigenvalue weighted by Gasteiger charge is -2.22. The van der Waals surface area contributed by atoms with Crippen molar-refractivity contribution in [3.8, 4) is 5.75 Å². The Morgan fingerprint density at radius 3 is 2.39 bits per heavy atom. The van der Waals surface area contributed by atoms with Crippen LogP contribution in [0.1, 0.15) is 40.1 Å². The standard InChI is InChI=1S/C25H28ClN3O4/c1-5-18(26)10-13-22(27)29-24(32)20-14-19(33-4)11-12-21(20)28-23(31)16-6-8-17(9-7-16)25(2,3)15-30/h5-14,30H,1,15,27H2,2-4H3,(H,28,31)(H,29,32)/b18-10+,22-13+. The van der Waals surface area contributed by atoms with Gasteiger partial charge in [-0.2, -0.15) is 0 Å². The predicted molar refractivity (Wildman–Crippen MR) is 131 cm³/mol. The van der Waals surface area contributed by atoms with E-state index in [-0.39, 0.29) is 23.7 Å². The van der Waals surface area contributed by atoms with Crippen molar-refractivity contribution < 1.29 is 19.4 Å². The summed E-state index contributed by atoms with van der Waals surface area (Å²) in [6.07, 6.45) is 4.34. The van der Waals surface area contributed by atoms with E-state index in [0.717, 1.165) is 5.56 Å². The van der Waals surface area contributed by atoms with Gasteiger partial charge in [-0.25, -0.2) is 0 Å². The summed E-state index contributed by atoms with van der Waals surface area (Å²) in [5.74, 6) is -0.444. The third-order valence-corrected chi connectivity index (χ3v) is 5.20. The van der Waals surface area contributed by atoms with Crippen LogP contribution in [-0.4, -0.2) is 30.6 Å². The summed E-state index contributed by atoms with van der Waals surface area (Å²) in [5.41, 5.74) is 7.17. The van der Waals surface area contributed by atoms with E-state index in [1.165, 1.54) is 31.4 Å². The summed E-state index contributed by atoms with van der Waals surface area (Å²) in [4.78, 5) is 25.6. The minimum absolute atomic E-state index is 0.0178. The molecule has 0 heterocycles. The van der Waals surface area contributed by atoms with E-state index in [2.05, 4.69) is 17.2 Å². The van der Waals surface area contributed by atoms with Crippen molar-refractivity contribution in [3.63, 3.8) is 0 Å². The number of carbonyl (C=O) groups excluding carboxylic acids is 2. The number of hydrogen-bond donors (Lipinski definition) is 4. The van der Waals surface area contributed by atoms with Crippen LogP contribution in [0.15, 0.2) is 78.1 Å². The van der Waals surface area contributed by atoms with Crippen LogP contribution in [0.3, 0.4) is 0 Å². The fourth-order valence-corrected chi connectivity index (χ4v) is 2.85. The van der Waals surface area contributed by atoms with E-state index >= 15 is 0 Å². The summed E-state index contributed by atoms with van der Waals surface area (Å²) in [5, 5.41) is 15.2. The molecule has 0 aliphatic rings. The van der Waals surface area contributed by atoms with Crippen LogP contribution in [0.25, 0.3) is 0 Å². The summed E-state index contributed by atoms with van der Waals surface area (Å²) in [6, 6.07) is 11.6. The molecule has 2 aromatic carbocycles. The number of rotatable bonds is 9. The number of benzene rings is 2. The Hall–Kier alpha value is -3.55. The minimum atomic E-state index is -0.541. The molecule has 0 spiro atoms. The molecular formula is C25H28ClN3O4. The van der Waals surface area contributed by atoms with Gasteiger partial charge in [-0.3, -0.25) is 9.59 Å². The van der Waals surface area contributed by atoms with E-state index in [1.807, 2.05) is 13.8 Å². The van der Waals surface area contributed by atoms with Crippen molar-refractivity contribution in [2.45, 2.75) is 19.3 Å². The first kappa shape index (κ1) is 25.7. The van der Waals surface area contributed by atoms with E-state index in [9.17, 15) is 14.7 Å². The van der Waals surface area contributed by atoms with Crippen LogP contribution in [0.2, 0.25) is 0 Å². The first-order valence-electron chi connectivity index (χ1n) is 10.1. The van der Waals surface area contributed by atoms with Gasteiger partial charge in [0, 0.05) is 16.0 Å². The lowest BCUT2D eigenvalue weighted by molar-refractivity contribution is 0.0966. The lowest BCUT2D eigenvalue weighted by atomic mass is 9.85. The maximum Gasteiger partial charge on any atom is 0.258 e. The van der Waals surface area contributed by atoms with Crippen molar-refractivity contribution in [1.29, 1.82) is 0 Å². The van der Waals surface area contributed by atoms with Gasteiger partial charge in [-0.05, 0) is 48.0 Å². The summed E-state index contributed by atoms with van der Waals surface area (Å²) in [6.45, 7) is 7.33. The van der Waals surface area contributed by atoms with Gasteiger partial charge in [0.05, 0.1) is 25.0 Å². The number of nitrogens with one attached hydrogen (secondary N) is 2. The molecule has 8 heteroatoms. The number of ether oxygens (including phenoxy) is 1. The van der Waals surface area contributed by atoms with E-state index in [1.54, 1.807) is 36.4 Å². The third kappa shape index (κ3) is 6.97. The zero-order valence-electron chi connectivity index (χ0n) is 18.8. The molecule has 0 bridgehead atoms. The van der Waals surface area contributed by atoms with Crippen LogP contribution < -0.4 is 21.1 Å². The average molecular weight is 470 g/mol. The number of allylic oxidation sites excluding steroid dienone is 4. The fourth-order valence-electron chi connectivity index (χ4n) is 2.78. The van der Waals surface area contributed by atoms with E-state index < -0.39 is 17.2 Å². The number of aliphatic hydroxyl groups excluding tert-OH is 1. The van der Waals surface area contributed by atoms with Gasteiger partial charge < -0.3 is 26.2 Å². The topological polar surface area (TPSA) is 114 Å². The van der Waals surface area contributed by atoms with Crippen molar-refractivity contribution >= 4 is 29.1 Å². The smallest absolute Gasteiger partial charge is 0.258 e. The lowest BCUT2D eigenvalue weighted by Crippen LogP contribution is -2.28. The molecule has 174 valence electrons. The normalized spacial score (nSPS) is 12.2. The Bertz CT molecular complexity index is 1090. The molecule has 0 aliphatic carbocycles. The van der Waals surface area contributed by atoms with Gasteiger partial charge in [-0.1, -0.05) is 50.2 Å². The molecule has 0 saturated carbocycles. The molecule has 0 fully saturated rings. The van der Waals surface area contributed by atoms with Crippen molar-refractivity contribution in [2.24, 2.45) is 5.73 Å². The molecular weight excluding hydrogens is 442 g/mol. The molecule has 2 aromatic rings. The zero-order valence-corrected chi connectivity index (χ0v) is 19.6. The summed E-state index contributed by atoms with van der Waals surface area (Å²) >= 11 is 5.84. The number of halogens is 1. The van der Waals surface area contributed by atoms with Crippen LogP contribution in [0.4, 0.5) is 5.69 Å². The molecule has 7 nitrogen and oxygen atoms in total. The first-order chi connectivity index (χ1) is 15.6. The highest BCUT2D eigenvalue weighted by Crippen LogP contribution is 2.25. The molecule has 2 rings (SSSR count). The monoisotopic (exact) mass is 469 g/mol. The van der Waals surface area contributed by atoms with Crippen molar-refractivity contribution in [1.82, 2.24) is 5.32 Å². The zero-order chi connectivity index (χ0) is 24.6. The molecule has 2 amide bonds. The Labute approximate surface area is 198 Å². The van der Waals surface area contributed by atoms with Gasteiger partial charge in [0.2, 0.25) is 0 Å². The molecule has 0 radical (unpaired) electrons. The Kier molecular flexibility index (Phi) is 8.85. The summed E-state index contributed by atoms with van der Waals surface area (Å²) < 4.78 is 5.21. The van der Waals surface area contributed by atoms with E-state index in [0.29, 0.717) is 16.3 Å². The highest BCUT2D eigenvalue weighted by atomic mass is 35.5. The second kappa shape index (κ2) is 11.4. The van der Waals surface area contributed by atoms with Gasteiger partial charge >= 0.3 is 0 Å². The highest BCUT2D eigenvalue weighted by Gasteiger charge is 2.20. The maximum atomic E-state index is 12.8. The Morgan fingerprint density at radius 2 is 1.82 bits per heavy atom. The number of methoxy groups -OCH3 is 1. The quantitative estimate of drug-likeness (QED) is 0.413. The number of aliphatic hydroxyl groups is 1. The highest BCUT2D eigenvalue weighted by molar-refractivity contribution is 6.31. The molecule has 0 saturated heterocycles. The van der Waals surface area contributed by atoms with Crippen LogP contribution in [0.5, 0.6) is 5.75 Å². The minimum Gasteiger partial charge on any atom is -0.497 e. The SMILES string of the molecule is C=C/C(Cl)=C\C=C(/N)NC(=O)c1cc(OC)ccc1NC(=O)c1ccc(C(C)(C)CO)cc1. The number of carbonyl (C=O) groups is 2. The van der Waals surface area contributed by atoms with Crippen molar-refractivity contribution in [2.75, 3.05) is 19.0 Å². The first-order valence-corrected chi connectivity index (χ1v) is 10.5. The Balaban J connectivity index is 2.27. The molecule has 33 heavy (non-hydrogen) atoms. The molecule has 0 atom stereocenters. The number of anilines is 1. The van der Waals surface area contributed by atoms with Gasteiger partial charge in [0.15, 0.2) is 0 Å². The van der Waals surface area contributed by atoms with E-state index in [4.69, 9.17) is 22.1 Å². The fraction of sp³-hybridized carbons (Fsp3) is 0.200. The maximum absolute atomic E-state index is 12.8. The number of amides is 2. The van der Waals surface area contributed by atoms with Crippen LogP contribution in [-0.2, 0) is 5.41 Å². The van der Waals surface area contributed by atoms with Gasteiger partial charge in [0.25, 0.3) is 11.8 Å². The van der Waals surface area contributed by atoms with Crippen molar-refractivity contribution in [3.05, 3.63) is 94.8 Å². The summed E-state index contributed by atoms with van der Waals surface area (Å²) in [7, 11) is 1.47.